The van der Waals surface area contributed by atoms with Crippen molar-refractivity contribution in [2.24, 2.45) is 0 Å². The Balaban J connectivity index is 1.41. The zero-order chi connectivity index (χ0) is 24.2. The number of aromatic nitrogens is 5. The Morgan fingerprint density at radius 1 is 0.886 bits per heavy atom. The molecule has 6 rings (SSSR count). The van der Waals surface area contributed by atoms with Gasteiger partial charge in [0.05, 0.1) is 5.69 Å². The number of nitrogens with zero attached hydrogens (tertiary/aromatic N) is 6. The summed E-state index contributed by atoms with van der Waals surface area (Å²) >= 11 is 0. The first-order valence-electron chi connectivity index (χ1n) is 11.4. The van der Waals surface area contributed by atoms with Crippen molar-refractivity contribution in [1.29, 1.82) is 0 Å². The van der Waals surface area contributed by atoms with E-state index in [4.69, 9.17) is 0 Å². The summed E-state index contributed by atoms with van der Waals surface area (Å²) in [5.41, 5.74) is 6.85. The molecule has 0 amide bonds. The van der Waals surface area contributed by atoms with Gasteiger partial charge in [-0.2, -0.15) is 22.8 Å². The molecule has 2 aromatic heterocycles. The van der Waals surface area contributed by atoms with Crippen LogP contribution in [0.25, 0.3) is 17.1 Å². The number of fused-ring (bicyclic) bond motifs is 4. The van der Waals surface area contributed by atoms with E-state index in [1.165, 1.54) is 11.1 Å². The molecule has 0 unspecified atom stereocenters. The van der Waals surface area contributed by atoms with Crippen LogP contribution >= 0.6 is 0 Å². The smallest absolute Gasteiger partial charge is 0.324 e. The molecule has 0 saturated heterocycles. The molecule has 2 aromatic carbocycles. The van der Waals surface area contributed by atoms with Gasteiger partial charge in [0.2, 0.25) is 5.95 Å². The summed E-state index contributed by atoms with van der Waals surface area (Å²) in [4.78, 5) is 5.93. The lowest BCUT2D eigenvalue weighted by atomic mass is 10.0. The van der Waals surface area contributed by atoms with Crippen LogP contribution in [0.5, 0.6) is 0 Å². The molecule has 3 heterocycles. The number of anilines is 2. The molecular weight excluding hydrogens is 455 g/mol. The van der Waals surface area contributed by atoms with Gasteiger partial charge in [-0.1, -0.05) is 30.3 Å². The van der Waals surface area contributed by atoms with Crippen molar-refractivity contribution >= 4 is 11.6 Å². The summed E-state index contributed by atoms with van der Waals surface area (Å²) in [7, 11) is 2.02. The maximum Gasteiger partial charge on any atom is 0.453 e. The Labute approximate surface area is 199 Å². The van der Waals surface area contributed by atoms with Crippen LogP contribution in [0.1, 0.15) is 34.5 Å². The molecule has 1 aliphatic heterocycles. The summed E-state index contributed by atoms with van der Waals surface area (Å²) in [6.45, 7) is 1.63. The predicted molar refractivity (Wildman–Crippen MR) is 124 cm³/mol. The molecule has 10 heteroatoms. The number of benzene rings is 2. The van der Waals surface area contributed by atoms with Crippen molar-refractivity contribution in [2.75, 3.05) is 12.4 Å². The Hall–Kier alpha value is -3.79. The minimum absolute atomic E-state index is 0.0631. The summed E-state index contributed by atoms with van der Waals surface area (Å²) in [6, 6.07) is 15.5. The van der Waals surface area contributed by atoms with E-state index in [-0.39, 0.29) is 11.8 Å². The third-order valence-corrected chi connectivity index (χ3v) is 6.45. The number of alkyl halides is 3. The standard InChI is InChI=1S/C25H22F3N7/c1-34-13-17-9-10-19(11-18(17)14-34)29-24-30-23(25(26,27)28)33-35(24)21-12-16-7-4-6-15-5-2-3-8-20(15)22(16)32-31-21/h2-3,5,8-12H,4,6-7,13-14H2,1H3,(H,29,30,33). The van der Waals surface area contributed by atoms with Gasteiger partial charge in [0.25, 0.3) is 5.82 Å². The molecule has 7 nitrogen and oxygen atoms in total. The van der Waals surface area contributed by atoms with Crippen molar-refractivity contribution in [2.45, 2.75) is 38.5 Å². The van der Waals surface area contributed by atoms with Crippen LogP contribution in [0.15, 0.2) is 48.5 Å². The highest BCUT2D eigenvalue weighted by atomic mass is 19.4. The summed E-state index contributed by atoms with van der Waals surface area (Å²) in [6.07, 6.45) is -2.13. The van der Waals surface area contributed by atoms with Crippen molar-refractivity contribution < 1.29 is 13.2 Å². The SMILES string of the molecule is CN1Cc2ccc(Nc3nc(C(F)(F)F)nn3-c3cc4c(nn3)-c3ccccc3CCC4)cc2C1. The molecule has 2 aliphatic rings. The Kier molecular flexibility index (Phi) is 5.06. The van der Waals surface area contributed by atoms with Crippen molar-refractivity contribution in [1.82, 2.24) is 29.9 Å². The van der Waals surface area contributed by atoms with Crippen LogP contribution in [-0.4, -0.2) is 36.9 Å². The third-order valence-electron chi connectivity index (χ3n) is 6.45. The largest absolute Gasteiger partial charge is 0.453 e. The van der Waals surface area contributed by atoms with E-state index >= 15 is 0 Å². The second kappa shape index (κ2) is 8.16. The van der Waals surface area contributed by atoms with Crippen molar-refractivity contribution in [3.63, 3.8) is 0 Å². The first-order chi connectivity index (χ1) is 16.8. The van der Waals surface area contributed by atoms with Crippen LogP contribution in [0.4, 0.5) is 24.8 Å². The summed E-state index contributed by atoms with van der Waals surface area (Å²) in [5.74, 6) is -1.11. The van der Waals surface area contributed by atoms with Gasteiger partial charge < -0.3 is 5.32 Å². The zero-order valence-corrected chi connectivity index (χ0v) is 19.0. The molecule has 0 spiro atoms. The average Bonchev–Trinajstić information content (AvgIpc) is 3.36. The fraction of sp³-hybridized carbons (Fsp3) is 0.280. The normalized spacial score (nSPS) is 15.3. The molecule has 0 radical (unpaired) electrons. The fourth-order valence-electron chi connectivity index (χ4n) is 4.82. The van der Waals surface area contributed by atoms with Gasteiger partial charge >= 0.3 is 6.18 Å². The van der Waals surface area contributed by atoms with Crippen molar-refractivity contribution in [3.8, 4) is 17.1 Å². The lowest BCUT2D eigenvalue weighted by molar-refractivity contribution is -0.144. The minimum Gasteiger partial charge on any atom is -0.324 e. The maximum atomic E-state index is 13.5. The number of rotatable bonds is 3. The molecule has 4 aromatic rings. The number of halogens is 3. The fourth-order valence-corrected chi connectivity index (χ4v) is 4.82. The van der Waals surface area contributed by atoms with E-state index in [9.17, 15) is 13.2 Å². The van der Waals surface area contributed by atoms with Crippen LogP contribution in [0, 0.1) is 0 Å². The molecule has 0 fully saturated rings. The second-order valence-electron chi connectivity index (χ2n) is 9.04. The van der Waals surface area contributed by atoms with Crippen LogP contribution in [0.2, 0.25) is 0 Å². The number of aryl methyl sites for hydroxylation is 2. The quantitative estimate of drug-likeness (QED) is 0.452. The van der Waals surface area contributed by atoms with E-state index in [1.54, 1.807) is 6.07 Å². The van der Waals surface area contributed by atoms with Gasteiger partial charge in [-0.25, -0.2) is 0 Å². The molecule has 1 N–H and O–H groups in total. The van der Waals surface area contributed by atoms with Gasteiger partial charge in [0.1, 0.15) is 0 Å². The predicted octanol–water partition coefficient (Wildman–Crippen LogP) is 4.92. The van der Waals surface area contributed by atoms with E-state index in [2.05, 4.69) is 36.6 Å². The molecule has 1 aliphatic carbocycles. The Morgan fingerprint density at radius 2 is 1.69 bits per heavy atom. The molecule has 35 heavy (non-hydrogen) atoms. The molecule has 0 bridgehead atoms. The van der Waals surface area contributed by atoms with Gasteiger partial charge in [-0.3, -0.25) is 4.90 Å². The Bertz CT molecular complexity index is 1430. The van der Waals surface area contributed by atoms with Gasteiger partial charge in [-0.15, -0.1) is 15.3 Å². The second-order valence-corrected chi connectivity index (χ2v) is 9.04. The number of nitrogens with one attached hydrogen (secondary N) is 1. The first kappa shape index (κ1) is 21.7. The lowest BCUT2D eigenvalue weighted by Gasteiger charge is -2.11. The van der Waals surface area contributed by atoms with Crippen LogP contribution in [0.3, 0.4) is 0 Å². The van der Waals surface area contributed by atoms with E-state index in [0.29, 0.717) is 5.69 Å². The molecule has 178 valence electrons. The van der Waals surface area contributed by atoms with Crippen LogP contribution in [-0.2, 0) is 32.1 Å². The van der Waals surface area contributed by atoms with Crippen LogP contribution < -0.4 is 5.32 Å². The maximum absolute atomic E-state index is 13.5. The first-order valence-corrected chi connectivity index (χ1v) is 11.4. The highest BCUT2D eigenvalue weighted by Gasteiger charge is 2.38. The van der Waals surface area contributed by atoms with Gasteiger partial charge in [0, 0.05) is 24.3 Å². The highest BCUT2D eigenvalue weighted by Crippen LogP contribution is 2.33. The number of hydrogen-bond acceptors (Lipinski definition) is 6. The van der Waals surface area contributed by atoms with E-state index in [1.807, 2.05) is 43.4 Å². The Morgan fingerprint density at radius 3 is 2.54 bits per heavy atom. The van der Waals surface area contributed by atoms with E-state index in [0.717, 1.165) is 59.4 Å². The number of hydrogen-bond donors (Lipinski definition) is 1. The third kappa shape index (κ3) is 4.03. The van der Waals surface area contributed by atoms with E-state index < -0.39 is 12.0 Å². The summed E-state index contributed by atoms with van der Waals surface area (Å²) in [5, 5.41) is 15.5. The van der Waals surface area contributed by atoms with Crippen molar-refractivity contribution in [3.05, 3.63) is 76.6 Å². The highest BCUT2D eigenvalue weighted by molar-refractivity contribution is 5.68. The average molecular weight is 477 g/mol. The monoisotopic (exact) mass is 477 g/mol. The molecule has 0 atom stereocenters. The summed E-state index contributed by atoms with van der Waals surface area (Å²) < 4.78 is 41.7. The topological polar surface area (TPSA) is 71.8 Å². The zero-order valence-electron chi connectivity index (χ0n) is 19.0. The van der Waals surface area contributed by atoms with Gasteiger partial charge in [0.15, 0.2) is 5.82 Å². The molecule has 0 saturated carbocycles. The lowest BCUT2D eigenvalue weighted by Crippen LogP contribution is -2.10. The molecular formula is C25H22F3N7. The van der Waals surface area contributed by atoms with Gasteiger partial charge in [-0.05, 0) is 66.8 Å². The minimum atomic E-state index is -4.69.